The number of carbonyl (C=O) groups excluding carboxylic acids is 2. The molecule has 2 heterocycles. The maximum Gasteiger partial charge on any atom is 0.348 e. The number of hydrogen-bond donors (Lipinski definition) is 1. The second-order valence-electron chi connectivity index (χ2n) is 3.95. The molecule has 0 radical (unpaired) electrons. The zero-order valence-electron chi connectivity index (χ0n) is 9.97. The molecule has 2 rings (SSSR count). The fraction of sp³-hybridized carbons (Fsp3) is 0.273. The zero-order valence-corrected chi connectivity index (χ0v) is 9.97. The number of carbonyl (C=O) groups is 2. The first-order chi connectivity index (χ1) is 7.99. The molecule has 0 saturated heterocycles. The van der Waals surface area contributed by atoms with Crippen molar-refractivity contribution in [2.45, 2.75) is 13.8 Å². The lowest BCUT2D eigenvalue weighted by molar-refractivity contribution is -0.127. The molecule has 6 nitrogen and oxygen atoms in total. The third-order valence-corrected chi connectivity index (χ3v) is 2.46. The van der Waals surface area contributed by atoms with E-state index in [9.17, 15) is 9.59 Å². The molecule has 0 saturated carbocycles. The summed E-state index contributed by atoms with van der Waals surface area (Å²) >= 11 is 0. The van der Waals surface area contributed by atoms with E-state index in [1.807, 2.05) is 19.1 Å². The number of nitrogens with zero attached hydrogens (tertiary/aromatic N) is 3. The van der Waals surface area contributed by atoms with E-state index in [2.05, 4.69) is 5.43 Å². The molecule has 2 aliphatic rings. The molecule has 0 aromatic carbocycles. The van der Waals surface area contributed by atoms with Crippen LogP contribution in [-0.4, -0.2) is 34.0 Å². The molecule has 90 valence electrons. The van der Waals surface area contributed by atoms with Gasteiger partial charge >= 0.3 is 6.03 Å². The number of urea groups is 1. The smallest absolute Gasteiger partial charge is 0.274 e. The highest BCUT2D eigenvalue weighted by Crippen LogP contribution is 2.22. The summed E-state index contributed by atoms with van der Waals surface area (Å²) in [6.07, 6.45) is 7.18. The molecule has 2 aliphatic heterocycles. The third kappa shape index (κ3) is 2.01. The molecule has 0 atom stereocenters. The van der Waals surface area contributed by atoms with Gasteiger partial charge in [0.2, 0.25) is 5.91 Å². The van der Waals surface area contributed by atoms with Gasteiger partial charge in [0.25, 0.3) is 0 Å². The molecule has 0 bridgehead atoms. The summed E-state index contributed by atoms with van der Waals surface area (Å²) in [7, 11) is 1.59. The number of allylic oxidation sites excluding steroid dienone is 3. The van der Waals surface area contributed by atoms with Crippen LogP contribution in [0.5, 0.6) is 0 Å². The fourth-order valence-corrected chi connectivity index (χ4v) is 1.62. The second-order valence-corrected chi connectivity index (χ2v) is 3.95. The first-order valence-electron chi connectivity index (χ1n) is 5.20. The molecule has 0 spiro atoms. The van der Waals surface area contributed by atoms with Crippen LogP contribution in [0.15, 0.2) is 35.8 Å². The van der Waals surface area contributed by atoms with Crippen molar-refractivity contribution in [3.8, 4) is 0 Å². The SMILES string of the molecule is CC(=O)NN1C=C2C=CC(C)=CN2C(=O)N1C. The first-order valence-corrected chi connectivity index (χ1v) is 5.20. The van der Waals surface area contributed by atoms with Gasteiger partial charge in [-0.05, 0) is 18.6 Å². The Morgan fingerprint density at radius 2 is 2.00 bits per heavy atom. The monoisotopic (exact) mass is 234 g/mol. The highest BCUT2D eigenvalue weighted by atomic mass is 16.2. The van der Waals surface area contributed by atoms with E-state index in [-0.39, 0.29) is 11.9 Å². The van der Waals surface area contributed by atoms with Crippen LogP contribution >= 0.6 is 0 Å². The van der Waals surface area contributed by atoms with Gasteiger partial charge in [0.15, 0.2) is 0 Å². The Labute approximate surface area is 99.4 Å². The van der Waals surface area contributed by atoms with Crippen LogP contribution in [0, 0.1) is 0 Å². The maximum absolute atomic E-state index is 12.0. The predicted molar refractivity (Wildman–Crippen MR) is 61.6 cm³/mol. The molecule has 3 amide bonds. The van der Waals surface area contributed by atoms with E-state index in [0.717, 1.165) is 5.57 Å². The summed E-state index contributed by atoms with van der Waals surface area (Å²) in [6.45, 7) is 3.31. The Kier molecular flexibility index (Phi) is 2.63. The minimum atomic E-state index is -0.235. The summed E-state index contributed by atoms with van der Waals surface area (Å²) in [4.78, 5) is 24.6. The summed E-state index contributed by atoms with van der Waals surface area (Å²) in [5.74, 6) is -0.235. The Balaban J connectivity index is 2.32. The van der Waals surface area contributed by atoms with Crippen LogP contribution in [-0.2, 0) is 4.79 Å². The van der Waals surface area contributed by atoms with E-state index in [1.165, 1.54) is 22.0 Å². The van der Waals surface area contributed by atoms with E-state index in [1.54, 1.807) is 19.4 Å². The number of rotatable bonds is 1. The zero-order chi connectivity index (χ0) is 12.6. The van der Waals surface area contributed by atoms with Crippen molar-refractivity contribution in [2.24, 2.45) is 0 Å². The average Bonchev–Trinajstić information content (AvgIpc) is 2.26. The summed E-state index contributed by atoms with van der Waals surface area (Å²) < 4.78 is 0. The van der Waals surface area contributed by atoms with E-state index >= 15 is 0 Å². The molecule has 0 aromatic rings. The van der Waals surface area contributed by atoms with Gasteiger partial charge in [-0.2, -0.15) is 5.12 Å². The van der Waals surface area contributed by atoms with Crippen LogP contribution < -0.4 is 5.43 Å². The quantitative estimate of drug-likeness (QED) is 0.734. The average molecular weight is 234 g/mol. The minimum Gasteiger partial charge on any atom is -0.274 e. The normalized spacial score (nSPS) is 18.8. The van der Waals surface area contributed by atoms with Crippen LogP contribution in [0.1, 0.15) is 13.8 Å². The molecule has 0 aromatic heterocycles. The van der Waals surface area contributed by atoms with E-state index in [4.69, 9.17) is 0 Å². The Morgan fingerprint density at radius 1 is 1.29 bits per heavy atom. The standard InChI is InChI=1S/C11H14N4O2/c1-8-4-5-10-7-15(12-9(2)16)13(3)11(17)14(10)6-8/h4-7H,1-3H3,(H,12,16). The van der Waals surface area contributed by atoms with Gasteiger partial charge in [-0.1, -0.05) is 6.08 Å². The number of hydrazine groups is 2. The third-order valence-electron chi connectivity index (χ3n) is 2.46. The fourth-order valence-electron chi connectivity index (χ4n) is 1.62. The number of fused-ring (bicyclic) bond motifs is 1. The summed E-state index contributed by atoms with van der Waals surface area (Å²) in [5.41, 5.74) is 4.26. The Morgan fingerprint density at radius 3 is 2.65 bits per heavy atom. The number of amides is 3. The molecular weight excluding hydrogens is 220 g/mol. The largest absolute Gasteiger partial charge is 0.348 e. The number of nitrogens with one attached hydrogen (secondary N) is 1. The molecule has 1 N–H and O–H groups in total. The lowest BCUT2D eigenvalue weighted by atomic mass is 10.2. The van der Waals surface area contributed by atoms with Gasteiger partial charge in [0.1, 0.15) is 0 Å². The maximum atomic E-state index is 12.0. The van der Waals surface area contributed by atoms with Gasteiger partial charge in [0, 0.05) is 20.2 Å². The topological polar surface area (TPSA) is 55.9 Å². The van der Waals surface area contributed by atoms with Crippen molar-refractivity contribution in [1.82, 2.24) is 20.5 Å². The van der Waals surface area contributed by atoms with Gasteiger partial charge in [-0.15, -0.1) is 0 Å². The van der Waals surface area contributed by atoms with Gasteiger partial charge in [-0.25, -0.2) is 15.2 Å². The molecule has 17 heavy (non-hydrogen) atoms. The van der Waals surface area contributed by atoms with Crippen molar-refractivity contribution >= 4 is 11.9 Å². The predicted octanol–water partition coefficient (Wildman–Crippen LogP) is 0.937. The van der Waals surface area contributed by atoms with Crippen molar-refractivity contribution < 1.29 is 9.59 Å². The van der Waals surface area contributed by atoms with Gasteiger partial charge in [0.05, 0.1) is 11.9 Å². The molecule has 0 fully saturated rings. The van der Waals surface area contributed by atoms with Crippen LogP contribution in [0.4, 0.5) is 4.79 Å². The van der Waals surface area contributed by atoms with E-state index in [0.29, 0.717) is 5.70 Å². The first kappa shape index (κ1) is 11.3. The molecule has 6 heteroatoms. The molecule has 0 unspecified atom stereocenters. The lowest BCUT2D eigenvalue weighted by Gasteiger charge is -2.39. The highest BCUT2D eigenvalue weighted by molar-refractivity contribution is 5.80. The van der Waals surface area contributed by atoms with Crippen molar-refractivity contribution in [1.29, 1.82) is 0 Å². The Hall–Kier alpha value is -2.24. The number of hydrogen-bond acceptors (Lipinski definition) is 3. The van der Waals surface area contributed by atoms with Crippen molar-refractivity contribution in [2.75, 3.05) is 7.05 Å². The van der Waals surface area contributed by atoms with Crippen molar-refractivity contribution in [3.63, 3.8) is 0 Å². The molecule has 0 aliphatic carbocycles. The molecular formula is C11H14N4O2. The Bertz CT molecular complexity index is 464. The second kappa shape index (κ2) is 3.97. The minimum absolute atomic E-state index is 0.222. The van der Waals surface area contributed by atoms with E-state index < -0.39 is 0 Å². The van der Waals surface area contributed by atoms with Crippen LogP contribution in [0.25, 0.3) is 0 Å². The van der Waals surface area contributed by atoms with Gasteiger partial charge in [-0.3, -0.25) is 9.69 Å². The van der Waals surface area contributed by atoms with Gasteiger partial charge < -0.3 is 0 Å². The highest BCUT2D eigenvalue weighted by Gasteiger charge is 2.29. The van der Waals surface area contributed by atoms with Crippen LogP contribution in [0.2, 0.25) is 0 Å². The lowest BCUT2D eigenvalue weighted by Crippen LogP contribution is -2.56. The summed E-state index contributed by atoms with van der Waals surface area (Å²) in [5, 5.41) is 2.70. The van der Waals surface area contributed by atoms with Crippen LogP contribution in [0.3, 0.4) is 0 Å². The summed E-state index contributed by atoms with van der Waals surface area (Å²) in [6, 6.07) is -0.222. The van der Waals surface area contributed by atoms with Crippen molar-refractivity contribution in [3.05, 3.63) is 35.8 Å².